The molecular formula is C14H21N3O3. The standard InChI is InChI=1S/C14H21N3O3/c1-9(2)12-15-10(8-11(18)16-12)17-14(13(19)20)6-4-3-5-7-14/h8-9H,3-7H2,1-2H3,(H,19,20)(H2,15,16,17,18). The molecule has 0 unspecified atom stereocenters. The van der Waals surface area contributed by atoms with Crippen molar-refractivity contribution >= 4 is 11.8 Å². The van der Waals surface area contributed by atoms with Crippen molar-refractivity contribution in [3.05, 3.63) is 22.2 Å². The Bertz CT molecular complexity index is 545. The van der Waals surface area contributed by atoms with E-state index in [-0.39, 0.29) is 11.5 Å². The molecule has 1 heterocycles. The third-order valence-corrected chi connectivity index (χ3v) is 3.79. The van der Waals surface area contributed by atoms with Crippen molar-refractivity contribution in [3.63, 3.8) is 0 Å². The summed E-state index contributed by atoms with van der Waals surface area (Å²) in [5, 5.41) is 12.5. The summed E-state index contributed by atoms with van der Waals surface area (Å²) >= 11 is 0. The van der Waals surface area contributed by atoms with Crippen LogP contribution in [-0.2, 0) is 4.79 Å². The summed E-state index contributed by atoms with van der Waals surface area (Å²) in [4.78, 5) is 30.3. The van der Waals surface area contributed by atoms with E-state index in [9.17, 15) is 14.7 Å². The number of nitrogens with one attached hydrogen (secondary N) is 2. The van der Waals surface area contributed by atoms with Gasteiger partial charge in [0.25, 0.3) is 5.56 Å². The SMILES string of the molecule is CC(C)c1nc(NC2(C(=O)O)CCCCC2)cc(=O)[nH]1. The minimum atomic E-state index is -0.993. The van der Waals surface area contributed by atoms with Gasteiger partial charge in [0.2, 0.25) is 0 Å². The summed E-state index contributed by atoms with van der Waals surface area (Å²) < 4.78 is 0. The lowest BCUT2D eigenvalue weighted by Crippen LogP contribution is -2.48. The van der Waals surface area contributed by atoms with Gasteiger partial charge in [0.05, 0.1) is 0 Å². The lowest BCUT2D eigenvalue weighted by molar-refractivity contribution is -0.143. The molecule has 0 aliphatic heterocycles. The van der Waals surface area contributed by atoms with Crippen LogP contribution >= 0.6 is 0 Å². The number of carboxylic acid groups (broad SMARTS) is 1. The van der Waals surface area contributed by atoms with Gasteiger partial charge in [-0.3, -0.25) is 4.79 Å². The van der Waals surface area contributed by atoms with Gasteiger partial charge in [-0.1, -0.05) is 33.1 Å². The van der Waals surface area contributed by atoms with E-state index in [2.05, 4.69) is 15.3 Å². The molecule has 1 aliphatic rings. The Labute approximate surface area is 117 Å². The quantitative estimate of drug-likeness (QED) is 0.784. The zero-order valence-electron chi connectivity index (χ0n) is 11.9. The highest BCUT2D eigenvalue weighted by Gasteiger charge is 2.40. The highest BCUT2D eigenvalue weighted by atomic mass is 16.4. The summed E-state index contributed by atoms with van der Waals surface area (Å²) in [5.41, 5.74) is -1.25. The summed E-state index contributed by atoms with van der Waals surface area (Å²) in [7, 11) is 0. The molecule has 1 aromatic rings. The molecule has 0 radical (unpaired) electrons. The molecule has 0 bridgehead atoms. The monoisotopic (exact) mass is 279 g/mol. The van der Waals surface area contributed by atoms with E-state index in [1.54, 1.807) is 0 Å². The fraction of sp³-hybridized carbons (Fsp3) is 0.643. The summed E-state index contributed by atoms with van der Waals surface area (Å²) in [6.07, 6.45) is 3.93. The highest BCUT2D eigenvalue weighted by molar-refractivity contribution is 5.82. The van der Waals surface area contributed by atoms with Crippen LogP contribution in [-0.4, -0.2) is 26.6 Å². The molecule has 2 rings (SSSR count). The first-order chi connectivity index (χ1) is 9.43. The predicted molar refractivity (Wildman–Crippen MR) is 76.0 cm³/mol. The molecule has 0 aromatic carbocycles. The molecule has 0 saturated heterocycles. The molecule has 0 amide bonds. The maximum atomic E-state index is 11.6. The van der Waals surface area contributed by atoms with E-state index in [0.29, 0.717) is 24.5 Å². The van der Waals surface area contributed by atoms with Crippen molar-refractivity contribution in [2.75, 3.05) is 5.32 Å². The van der Waals surface area contributed by atoms with Gasteiger partial charge >= 0.3 is 5.97 Å². The van der Waals surface area contributed by atoms with Crippen LogP contribution in [0.1, 0.15) is 57.7 Å². The Kier molecular flexibility index (Phi) is 4.11. The first-order valence-corrected chi connectivity index (χ1v) is 7.06. The van der Waals surface area contributed by atoms with Crippen molar-refractivity contribution in [2.45, 2.75) is 57.4 Å². The molecule has 1 fully saturated rings. The lowest BCUT2D eigenvalue weighted by Gasteiger charge is -2.34. The molecule has 3 N–H and O–H groups in total. The number of rotatable bonds is 4. The Morgan fingerprint density at radius 3 is 2.60 bits per heavy atom. The molecule has 6 nitrogen and oxygen atoms in total. The van der Waals surface area contributed by atoms with E-state index >= 15 is 0 Å². The first kappa shape index (κ1) is 14.6. The molecule has 1 aliphatic carbocycles. The number of aliphatic carboxylic acids is 1. The van der Waals surface area contributed by atoms with Crippen molar-refractivity contribution in [3.8, 4) is 0 Å². The van der Waals surface area contributed by atoms with Crippen LogP contribution in [0.5, 0.6) is 0 Å². The molecule has 20 heavy (non-hydrogen) atoms. The fourth-order valence-electron chi connectivity index (χ4n) is 2.61. The maximum absolute atomic E-state index is 11.6. The highest BCUT2D eigenvalue weighted by Crippen LogP contribution is 2.31. The van der Waals surface area contributed by atoms with Crippen LogP contribution in [0.2, 0.25) is 0 Å². The number of carboxylic acids is 1. The van der Waals surface area contributed by atoms with Crippen LogP contribution < -0.4 is 10.9 Å². The molecule has 0 atom stereocenters. The van der Waals surface area contributed by atoms with E-state index in [0.717, 1.165) is 19.3 Å². The second kappa shape index (κ2) is 5.64. The number of carbonyl (C=O) groups is 1. The zero-order valence-corrected chi connectivity index (χ0v) is 11.9. The van der Waals surface area contributed by atoms with Crippen molar-refractivity contribution in [2.24, 2.45) is 0 Å². The van der Waals surface area contributed by atoms with Crippen LogP contribution in [0.3, 0.4) is 0 Å². The average Bonchev–Trinajstić information content (AvgIpc) is 2.38. The van der Waals surface area contributed by atoms with Gasteiger partial charge < -0.3 is 15.4 Å². The van der Waals surface area contributed by atoms with Crippen LogP contribution in [0.25, 0.3) is 0 Å². The number of aromatic nitrogens is 2. The van der Waals surface area contributed by atoms with Gasteiger partial charge in [0, 0.05) is 12.0 Å². The maximum Gasteiger partial charge on any atom is 0.329 e. The minimum Gasteiger partial charge on any atom is -0.480 e. The zero-order chi connectivity index (χ0) is 14.8. The van der Waals surface area contributed by atoms with E-state index < -0.39 is 11.5 Å². The summed E-state index contributed by atoms with van der Waals surface area (Å²) in [5.74, 6) is 0.125. The van der Waals surface area contributed by atoms with Gasteiger partial charge in [-0.15, -0.1) is 0 Å². The van der Waals surface area contributed by atoms with Gasteiger partial charge in [0.15, 0.2) is 0 Å². The van der Waals surface area contributed by atoms with Crippen molar-refractivity contribution in [1.29, 1.82) is 0 Å². The predicted octanol–water partition coefficient (Wildman–Crippen LogP) is 2.09. The number of aromatic amines is 1. The van der Waals surface area contributed by atoms with Gasteiger partial charge in [-0.2, -0.15) is 0 Å². The fourth-order valence-corrected chi connectivity index (χ4v) is 2.61. The van der Waals surface area contributed by atoms with Crippen LogP contribution in [0.4, 0.5) is 5.82 Å². The molecule has 110 valence electrons. The smallest absolute Gasteiger partial charge is 0.329 e. The second-order valence-corrected chi connectivity index (χ2v) is 5.74. The van der Waals surface area contributed by atoms with Crippen LogP contribution in [0, 0.1) is 0 Å². The van der Waals surface area contributed by atoms with E-state index in [4.69, 9.17) is 0 Å². The summed E-state index contributed by atoms with van der Waals surface area (Å²) in [6.45, 7) is 3.85. The Hall–Kier alpha value is -1.85. The number of hydrogen-bond donors (Lipinski definition) is 3. The lowest BCUT2D eigenvalue weighted by atomic mass is 9.81. The third kappa shape index (κ3) is 3.00. The van der Waals surface area contributed by atoms with Gasteiger partial charge in [0.1, 0.15) is 17.2 Å². The average molecular weight is 279 g/mol. The Morgan fingerprint density at radius 2 is 2.05 bits per heavy atom. The van der Waals surface area contributed by atoms with E-state index in [1.807, 2.05) is 13.8 Å². The molecule has 1 aromatic heterocycles. The topological polar surface area (TPSA) is 95.1 Å². The van der Waals surface area contributed by atoms with Crippen molar-refractivity contribution in [1.82, 2.24) is 9.97 Å². The summed E-state index contributed by atoms with van der Waals surface area (Å²) in [6, 6.07) is 1.32. The number of H-pyrrole nitrogens is 1. The normalized spacial score (nSPS) is 17.9. The largest absolute Gasteiger partial charge is 0.480 e. The molecule has 0 spiro atoms. The number of nitrogens with zero attached hydrogens (tertiary/aromatic N) is 1. The minimum absolute atomic E-state index is 0.0802. The molecular weight excluding hydrogens is 258 g/mol. The Morgan fingerprint density at radius 1 is 1.40 bits per heavy atom. The van der Waals surface area contributed by atoms with Gasteiger partial charge in [-0.05, 0) is 12.8 Å². The second-order valence-electron chi connectivity index (χ2n) is 5.74. The molecule has 6 heteroatoms. The molecule has 1 saturated carbocycles. The number of anilines is 1. The first-order valence-electron chi connectivity index (χ1n) is 7.06. The third-order valence-electron chi connectivity index (χ3n) is 3.79. The Balaban J connectivity index is 2.31. The van der Waals surface area contributed by atoms with Gasteiger partial charge in [-0.25, -0.2) is 9.78 Å². The van der Waals surface area contributed by atoms with E-state index in [1.165, 1.54) is 6.07 Å². The number of hydrogen-bond acceptors (Lipinski definition) is 4. The van der Waals surface area contributed by atoms with Crippen LogP contribution in [0.15, 0.2) is 10.9 Å². The van der Waals surface area contributed by atoms with Crippen molar-refractivity contribution < 1.29 is 9.90 Å².